The fraction of sp³-hybridized carbons (Fsp3) is 0.800. The van der Waals surface area contributed by atoms with Crippen molar-refractivity contribution in [3.63, 3.8) is 0 Å². The van der Waals surface area contributed by atoms with E-state index < -0.39 is 6.10 Å². The van der Waals surface area contributed by atoms with Gasteiger partial charge in [0.25, 0.3) is 0 Å². The second kappa shape index (κ2) is 3.17. The summed E-state index contributed by atoms with van der Waals surface area (Å²) in [4.78, 5) is 11.4. The van der Waals surface area contributed by atoms with Gasteiger partial charge in [-0.25, -0.2) is 5.11 Å². The molecule has 1 aliphatic rings. The second-order valence-corrected chi connectivity index (χ2v) is 4.57. The molecule has 0 spiro atoms. The summed E-state index contributed by atoms with van der Waals surface area (Å²) in [6, 6.07) is 0. The normalized spacial score (nSPS) is 32.2. The number of ketones is 1. The Morgan fingerprint density at radius 1 is 1.42 bits per heavy atom. The van der Waals surface area contributed by atoms with Crippen LogP contribution in [0.5, 0.6) is 0 Å². The highest BCUT2D eigenvalue weighted by molar-refractivity contribution is 5.90. The quantitative estimate of drug-likeness (QED) is 0.545. The van der Waals surface area contributed by atoms with Crippen molar-refractivity contribution < 1.29 is 9.90 Å². The molecule has 1 saturated carbocycles. The standard InChI is InChI=1S/C10H16O2/c1-10(2,3)9-7(11)5-4-6-8(9)12/h5,8-9H,4,6H2,1-3H3. The van der Waals surface area contributed by atoms with E-state index >= 15 is 0 Å². The second-order valence-electron chi connectivity index (χ2n) is 4.57. The first-order valence-electron chi connectivity index (χ1n) is 4.46. The molecule has 0 N–H and O–H groups in total. The van der Waals surface area contributed by atoms with Crippen LogP contribution in [0.2, 0.25) is 0 Å². The Balaban J connectivity index is 2.77. The van der Waals surface area contributed by atoms with Gasteiger partial charge in [-0.05, 0) is 18.3 Å². The number of carbonyl (C=O) groups is 1. The van der Waals surface area contributed by atoms with Crippen molar-refractivity contribution in [2.75, 3.05) is 0 Å². The molecule has 1 aliphatic carbocycles. The van der Waals surface area contributed by atoms with E-state index in [9.17, 15) is 9.90 Å². The lowest BCUT2D eigenvalue weighted by Crippen LogP contribution is -2.40. The van der Waals surface area contributed by atoms with Gasteiger partial charge in [0.15, 0.2) is 0 Å². The van der Waals surface area contributed by atoms with Crippen LogP contribution in [0, 0.1) is 17.8 Å². The van der Waals surface area contributed by atoms with E-state index in [2.05, 4.69) is 0 Å². The van der Waals surface area contributed by atoms with E-state index in [-0.39, 0.29) is 17.1 Å². The molecular weight excluding hydrogens is 152 g/mol. The molecule has 12 heavy (non-hydrogen) atoms. The molecule has 0 aromatic rings. The van der Waals surface area contributed by atoms with Gasteiger partial charge in [0, 0.05) is 6.42 Å². The first-order valence-corrected chi connectivity index (χ1v) is 4.46. The third kappa shape index (κ3) is 1.86. The van der Waals surface area contributed by atoms with Crippen LogP contribution in [-0.4, -0.2) is 11.9 Å². The fourth-order valence-electron chi connectivity index (χ4n) is 1.85. The molecule has 2 unspecified atom stereocenters. The molecule has 0 amide bonds. The number of hydrogen-bond donors (Lipinski definition) is 0. The zero-order valence-corrected chi connectivity index (χ0v) is 7.96. The Morgan fingerprint density at radius 2 is 2.00 bits per heavy atom. The van der Waals surface area contributed by atoms with Crippen LogP contribution >= 0.6 is 0 Å². The van der Waals surface area contributed by atoms with Crippen LogP contribution in [0.1, 0.15) is 33.6 Å². The highest BCUT2D eigenvalue weighted by atomic mass is 16.3. The molecule has 0 bridgehead atoms. The van der Waals surface area contributed by atoms with Crippen LogP contribution in [0.15, 0.2) is 0 Å². The number of rotatable bonds is 0. The molecule has 2 atom stereocenters. The molecule has 0 saturated heterocycles. The van der Waals surface area contributed by atoms with Crippen molar-refractivity contribution in [1.29, 1.82) is 0 Å². The Morgan fingerprint density at radius 3 is 2.33 bits per heavy atom. The number of Topliss-reactive ketones (excluding diaryl/α,β-unsaturated/α-hetero) is 1. The molecule has 2 radical (unpaired) electrons. The van der Waals surface area contributed by atoms with Crippen LogP contribution in [0.4, 0.5) is 0 Å². The Kier molecular flexibility index (Phi) is 2.57. The molecule has 0 aromatic heterocycles. The molecule has 2 nitrogen and oxygen atoms in total. The van der Waals surface area contributed by atoms with E-state index in [0.29, 0.717) is 12.8 Å². The summed E-state index contributed by atoms with van der Waals surface area (Å²) in [5.74, 6) is -0.264. The summed E-state index contributed by atoms with van der Waals surface area (Å²) in [6.45, 7) is 5.87. The van der Waals surface area contributed by atoms with Crippen LogP contribution in [-0.2, 0) is 9.90 Å². The van der Waals surface area contributed by atoms with Gasteiger partial charge in [-0.2, -0.15) is 0 Å². The SMILES string of the molecule is CC(C)(C)C1C(=O)[CH]CCC1[O]. The highest BCUT2D eigenvalue weighted by Crippen LogP contribution is 2.35. The maximum absolute atomic E-state index is 11.5. The monoisotopic (exact) mass is 168 g/mol. The predicted molar refractivity (Wildman–Crippen MR) is 46.0 cm³/mol. The smallest absolute Gasteiger partial charge is 0.143 e. The summed E-state index contributed by atoms with van der Waals surface area (Å²) in [7, 11) is 0. The summed E-state index contributed by atoms with van der Waals surface area (Å²) in [6.07, 6.45) is 2.26. The zero-order chi connectivity index (χ0) is 9.35. The van der Waals surface area contributed by atoms with E-state index in [1.54, 1.807) is 6.42 Å². The molecule has 0 heterocycles. The molecular formula is C10H16O2. The average molecular weight is 168 g/mol. The van der Waals surface area contributed by atoms with Crippen molar-refractivity contribution in [3.8, 4) is 0 Å². The first-order chi connectivity index (χ1) is 5.43. The minimum absolute atomic E-state index is 0.0498. The largest absolute Gasteiger partial charge is 0.299 e. The molecule has 1 fully saturated rings. The van der Waals surface area contributed by atoms with E-state index in [1.807, 2.05) is 20.8 Å². The number of carbonyl (C=O) groups excluding carboxylic acids is 1. The lowest BCUT2D eigenvalue weighted by molar-refractivity contribution is -0.133. The molecule has 0 aromatic carbocycles. The fourth-order valence-corrected chi connectivity index (χ4v) is 1.85. The van der Waals surface area contributed by atoms with Gasteiger partial charge in [-0.3, -0.25) is 4.79 Å². The molecule has 0 aliphatic heterocycles. The van der Waals surface area contributed by atoms with Gasteiger partial charge >= 0.3 is 0 Å². The van der Waals surface area contributed by atoms with Crippen molar-refractivity contribution in [2.24, 2.45) is 11.3 Å². The molecule has 2 heteroatoms. The van der Waals surface area contributed by atoms with Crippen molar-refractivity contribution in [2.45, 2.75) is 39.7 Å². The highest BCUT2D eigenvalue weighted by Gasteiger charge is 2.39. The summed E-state index contributed by atoms with van der Waals surface area (Å²) >= 11 is 0. The topological polar surface area (TPSA) is 37.0 Å². The van der Waals surface area contributed by atoms with Crippen molar-refractivity contribution in [1.82, 2.24) is 0 Å². The lowest BCUT2D eigenvalue weighted by Gasteiger charge is -2.34. The third-order valence-electron chi connectivity index (χ3n) is 2.41. The van der Waals surface area contributed by atoms with Crippen LogP contribution < -0.4 is 0 Å². The molecule has 68 valence electrons. The van der Waals surface area contributed by atoms with Crippen LogP contribution in [0.3, 0.4) is 0 Å². The minimum atomic E-state index is -0.692. The van der Waals surface area contributed by atoms with Gasteiger partial charge in [0.1, 0.15) is 11.9 Å². The maximum atomic E-state index is 11.5. The number of hydrogen-bond acceptors (Lipinski definition) is 1. The van der Waals surface area contributed by atoms with E-state index in [0.717, 1.165) is 0 Å². The summed E-state index contributed by atoms with van der Waals surface area (Å²) in [5, 5.41) is 11.5. The third-order valence-corrected chi connectivity index (χ3v) is 2.41. The van der Waals surface area contributed by atoms with E-state index in [4.69, 9.17) is 0 Å². The van der Waals surface area contributed by atoms with Crippen molar-refractivity contribution in [3.05, 3.63) is 6.42 Å². The maximum Gasteiger partial charge on any atom is 0.143 e. The Hall–Kier alpha value is -0.370. The first kappa shape index (κ1) is 9.72. The summed E-state index contributed by atoms with van der Waals surface area (Å²) in [5.41, 5.74) is -0.180. The Labute approximate surface area is 74.0 Å². The zero-order valence-electron chi connectivity index (χ0n) is 7.96. The van der Waals surface area contributed by atoms with Gasteiger partial charge < -0.3 is 0 Å². The van der Waals surface area contributed by atoms with Gasteiger partial charge in [-0.1, -0.05) is 20.8 Å². The predicted octanol–water partition coefficient (Wildman–Crippen LogP) is 2.01. The molecule has 1 rings (SSSR count). The minimum Gasteiger partial charge on any atom is -0.299 e. The van der Waals surface area contributed by atoms with Crippen LogP contribution in [0.25, 0.3) is 0 Å². The van der Waals surface area contributed by atoms with E-state index in [1.165, 1.54) is 0 Å². The van der Waals surface area contributed by atoms with Gasteiger partial charge in [0.05, 0.1) is 5.92 Å². The van der Waals surface area contributed by atoms with Gasteiger partial charge in [-0.15, -0.1) is 0 Å². The average Bonchev–Trinajstić information content (AvgIpc) is 1.82. The van der Waals surface area contributed by atoms with Crippen molar-refractivity contribution >= 4 is 5.78 Å². The lowest BCUT2D eigenvalue weighted by atomic mass is 9.70. The Bertz CT molecular complexity index is 179. The van der Waals surface area contributed by atoms with Gasteiger partial charge in [0.2, 0.25) is 0 Å². The summed E-state index contributed by atoms with van der Waals surface area (Å²) < 4.78 is 0.